The van der Waals surface area contributed by atoms with Gasteiger partial charge in [0.2, 0.25) is 5.91 Å². The minimum absolute atomic E-state index is 0.0193. The maximum absolute atomic E-state index is 12.8. The van der Waals surface area contributed by atoms with Crippen molar-refractivity contribution in [3.8, 4) is 6.07 Å². The molecule has 0 unspecified atom stereocenters. The third kappa shape index (κ3) is 3.71. The zero-order valence-corrected chi connectivity index (χ0v) is 18.1. The highest BCUT2D eigenvalue weighted by Gasteiger charge is 2.44. The van der Waals surface area contributed by atoms with Crippen LogP contribution in [0.1, 0.15) is 61.1 Å². The second-order valence-electron chi connectivity index (χ2n) is 9.11. The number of rotatable bonds is 3. The van der Waals surface area contributed by atoms with E-state index < -0.39 is 0 Å². The summed E-state index contributed by atoms with van der Waals surface area (Å²) in [5, 5.41) is 14.2. The number of carbonyl (C=O) groups is 1. The van der Waals surface area contributed by atoms with Crippen LogP contribution in [0.2, 0.25) is 5.02 Å². The number of nitrogens with one attached hydrogen (secondary N) is 1. The minimum Gasteiger partial charge on any atom is -0.316 e. The number of halogens is 1. The summed E-state index contributed by atoms with van der Waals surface area (Å²) in [5.74, 6) is 0.880. The van der Waals surface area contributed by atoms with E-state index in [2.05, 4.69) is 32.2 Å². The topological polar surface area (TPSA) is 52.9 Å². The standard InChI is InChI=1S/C23H25ClN2OS/c1-23(2,3)14-6-9-16-19(12-25)22(28-20(16)10-14)26-21(27)18-11-17(18)13-4-7-15(24)8-5-13/h4-5,7-8,14,17-18H,6,9-11H2,1-3H3,(H,26,27)/t14-,17-,18+/m1/s1. The molecular weight excluding hydrogens is 388 g/mol. The van der Waals surface area contributed by atoms with E-state index in [-0.39, 0.29) is 23.2 Å². The van der Waals surface area contributed by atoms with E-state index in [1.165, 1.54) is 4.88 Å². The third-order valence-electron chi connectivity index (χ3n) is 6.26. The predicted octanol–water partition coefficient (Wildman–Crippen LogP) is 6.17. The number of nitrogens with zero attached hydrogens (tertiary/aromatic N) is 1. The smallest absolute Gasteiger partial charge is 0.228 e. The Morgan fingerprint density at radius 2 is 2.00 bits per heavy atom. The van der Waals surface area contributed by atoms with Gasteiger partial charge in [0.05, 0.1) is 5.56 Å². The van der Waals surface area contributed by atoms with Crippen LogP contribution in [0.25, 0.3) is 0 Å². The highest BCUT2D eigenvalue weighted by molar-refractivity contribution is 7.16. The van der Waals surface area contributed by atoms with Crippen LogP contribution in [0.3, 0.4) is 0 Å². The first-order valence-electron chi connectivity index (χ1n) is 9.89. The Balaban J connectivity index is 1.49. The third-order valence-corrected chi connectivity index (χ3v) is 7.69. The molecule has 1 amide bonds. The van der Waals surface area contributed by atoms with Crippen molar-refractivity contribution >= 4 is 33.8 Å². The van der Waals surface area contributed by atoms with Crippen molar-refractivity contribution in [2.24, 2.45) is 17.3 Å². The van der Waals surface area contributed by atoms with Crippen molar-refractivity contribution in [1.82, 2.24) is 0 Å². The van der Waals surface area contributed by atoms with Gasteiger partial charge < -0.3 is 5.32 Å². The fourth-order valence-electron chi connectivity index (χ4n) is 4.30. The highest BCUT2D eigenvalue weighted by Crippen LogP contribution is 2.49. The lowest BCUT2D eigenvalue weighted by atomic mass is 9.72. The number of carbonyl (C=O) groups excluding carboxylic acids is 1. The number of amides is 1. The van der Waals surface area contributed by atoms with Crippen LogP contribution < -0.4 is 5.32 Å². The molecule has 2 aliphatic carbocycles. The SMILES string of the molecule is CC(C)(C)[C@@H]1CCc2c(sc(NC(=O)[C@H]3C[C@@H]3c3ccc(Cl)cc3)c2C#N)C1. The van der Waals surface area contributed by atoms with Crippen molar-refractivity contribution in [2.45, 2.75) is 52.4 Å². The molecule has 1 heterocycles. The Morgan fingerprint density at radius 1 is 1.29 bits per heavy atom. The van der Waals surface area contributed by atoms with Crippen molar-refractivity contribution in [2.75, 3.05) is 5.32 Å². The van der Waals surface area contributed by atoms with E-state index in [1.54, 1.807) is 11.3 Å². The normalized spacial score (nSPS) is 23.6. The van der Waals surface area contributed by atoms with Gasteiger partial charge in [-0.05, 0) is 66.2 Å². The quantitative estimate of drug-likeness (QED) is 0.655. The summed E-state index contributed by atoms with van der Waals surface area (Å²) in [4.78, 5) is 14.1. The molecule has 0 spiro atoms. The van der Waals surface area contributed by atoms with Crippen molar-refractivity contribution in [1.29, 1.82) is 5.26 Å². The molecule has 2 aromatic rings. The number of thiophene rings is 1. The van der Waals surface area contributed by atoms with Crippen molar-refractivity contribution in [3.63, 3.8) is 0 Å². The van der Waals surface area contributed by atoms with Crippen molar-refractivity contribution < 1.29 is 4.79 Å². The molecule has 1 aromatic heterocycles. The summed E-state index contributed by atoms with van der Waals surface area (Å²) in [5.41, 5.74) is 3.26. The first kappa shape index (κ1) is 19.5. The van der Waals surface area contributed by atoms with Crippen LogP contribution >= 0.6 is 22.9 Å². The predicted molar refractivity (Wildman–Crippen MR) is 115 cm³/mol. The first-order chi connectivity index (χ1) is 13.3. The Kier molecular flexibility index (Phi) is 5.02. The lowest BCUT2D eigenvalue weighted by Crippen LogP contribution is -2.26. The van der Waals surface area contributed by atoms with Crippen LogP contribution in [0, 0.1) is 28.6 Å². The monoisotopic (exact) mass is 412 g/mol. The van der Waals surface area contributed by atoms with Crippen LogP contribution in [-0.4, -0.2) is 5.91 Å². The number of nitriles is 1. The second kappa shape index (κ2) is 7.21. The molecule has 1 saturated carbocycles. The molecular formula is C23H25ClN2OS. The fraction of sp³-hybridized carbons (Fsp3) is 0.478. The molecule has 5 heteroatoms. The molecule has 1 aromatic carbocycles. The molecule has 4 rings (SSSR count). The maximum Gasteiger partial charge on any atom is 0.228 e. The summed E-state index contributed by atoms with van der Waals surface area (Å²) in [7, 11) is 0. The van der Waals surface area contributed by atoms with E-state index >= 15 is 0 Å². The molecule has 3 atom stereocenters. The fourth-order valence-corrected chi connectivity index (χ4v) is 5.71. The number of hydrogen-bond donors (Lipinski definition) is 1. The summed E-state index contributed by atoms with van der Waals surface area (Å²) in [6, 6.07) is 10.1. The number of benzene rings is 1. The average molecular weight is 413 g/mol. The van der Waals surface area contributed by atoms with Gasteiger partial charge in [-0.15, -0.1) is 11.3 Å². The molecule has 0 saturated heterocycles. The summed E-state index contributed by atoms with van der Waals surface area (Å²) in [6.07, 6.45) is 3.90. The molecule has 3 nitrogen and oxygen atoms in total. The average Bonchev–Trinajstić information content (AvgIpc) is 3.37. The van der Waals surface area contributed by atoms with E-state index in [1.807, 2.05) is 24.3 Å². The molecule has 1 N–H and O–H groups in total. The molecule has 1 fully saturated rings. The van der Waals surface area contributed by atoms with E-state index in [9.17, 15) is 10.1 Å². The molecule has 0 aliphatic heterocycles. The Labute approximate surface area is 175 Å². The summed E-state index contributed by atoms with van der Waals surface area (Å²) >= 11 is 7.56. The Hall–Kier alpha value is -1.83. The lowest BCUT2D eigenvalue weighted by Gasteiger charge is -2.33. The van der Waals surface area contributed by atoms with Gasteiger partial charge in [0.1, 0.15) is 11.1 Å². The van der Waals surface area contributed by atoms with Gasteiger partial charge in [-0.2, -0.15) is 5.26 Å². The van der Waals surface area contributed by atoms with E-state index in [4.69, 9.17) is 11.6 Å². The van der Waals surface area contributed by atoms with Crippen LogP contribution in [0.5, 0.6) is 0 Å². The van der Waals surface area contributed by atoms with Gasteiger partial charge in [-0.1, -0.05) is 44.5 Å². The molecule has 2 aliphatic rings. The summed E-state index contributed by atoms with van der Waals surface area (Å²) < 4.78 is 0. The largest absolute Gasteiger partial charge is 0.316 e. The number of hydrogen-bond acceptors (Lipinski definition) is 3. The number of anilines is 1. The van der Waals surface area contributed by atoms with E-state index in [0.29, 0.717) is 16.5 Å². The zero-order chi connectivity index (χ0) is 20.1. The first-order valence-corrected chi connectivity index (χ1v) is 11.1. The summed E-state index contributed by atoms with van der Waals surface area (Å²) in [6.45, 7) is 6.86. The molecule has 0 radical (unpaired) electrons. The zero-order valence-electron chi connectivity index (χ0n) is 16.5. The second-order valence-corrected chi connectivity index (χ2v) is 10.7. The highest BCUT2D eigenvalue weighted by atomic mass is 35.5. The minimum atomic E-state index is -0.0193. The van der Waals surface area contributed by atoms with Crippen LogP contribution in [0.15, 0.2) is 24.3 Å². The van der Waals surface area contributed by atoms with Gasteiger partial charge >= 0.3 is 0 Å². The van der Waals surface area contributed by atoms with Crippen LogP contribution in [-0.2, 0) is 17.6 Å². The van der Waals surface area contributed by atoms with Gasteiger partial charge in [-0.25, -0.2) is 0 Å². The molecule has 0 bridgehead atoms. The van der Waals surface area contributed by atoms with Crippen LogP contribution in [0.4, 0.5) is 5.00 Å². The maximum atomic E-state index is 12.8. The van der Waals surface area contributed by atoms with Gasteiger partial charge in [0, 0.05) is 15.8 Å². The van der Waals surface area contributed by atoms with Gasteiger partial charge in [0.15, 0.2) is 0 Å². The molecule has 28 heavy (non-hydrogen) atoms. The Bertz CT molecular complexity index is 949. The molecule has 146 valence electrons. The number of fused-ring (bicyclic) bond motifs is 1. The Morgan fingerprint density at radius 3 is 2.64 bits per heavy atom. The van der Waals surface area contributed by atoms with E-state index in [0.717, 1.165) is 41.8 Å². The lowest BCUT2D eigenvalue weighted by molar-refractivity contribution is -0.117. The van der Waals surface area contributed by atoms with Crippen molar-refractivity contribution in [3.05, 3.63) is 50.9 Å². The van der Waals surface area contributed by atoms with Gasteiger partial charge in [-0.3, -0.25) is 4.79 Å². The van der Waals surface area contributed by atoms with Gasteiger partial charge in [0.25, 0.3) is 0 Å².